The third kappa shape index (κ3) is 2.09. The van der Waals surface area contributed by atoms with Gasteiger partial charge in [-0.25, -0.2) is 0 Å². The number of carbonyl (C=O) groups excluding carboxylic acids is 1. The molecule has 2 heteroatoms. The van der Waals surface area contributed by atoms with Crippen LogP contribution in [0.1, 0.15) is 12.0 Å². The van der Waals surface area contributed by atoms with E-state index >= 15 is 0 Å². The molecule has 0 fully saturated rings. The largest absolute Gasteiger partial charge is 0.362 e. The van der Waals surface area contributed by atoms with E-state index in [1.807, 2.05) is 42.5 Å². The number of hydrogen-bond acceptors (Lipinski definition) is 2. The number of allylic oxidation sites excluding steroid dienone is 1. The number of Topliss-reactive ketones (excluding diaryl/α,β-unsaturated/α-hetero) is 1. The number of carbonyl (C=O) groups is 1. The Morgan fingerprint density at radius 2 is 2.07 bits per heavy atom. The average molecular weight is 188 g/mol. The fourth-order valence-electron chi connectivity index (χ4n) is 1.44. The lowest BCUT2D eigenvalue weighted by Crippen LogP contribution is -2.17. The highest BCUT2D eigenvalue weighted by atomic mass is 16.5. The molecule has 0 saturated carbocycles. The lowest BCUT2D eigenvalue weighted by Gasteiger charge is -2.08. The van der Waals surface area contributed by atoms with Gasteiger partial charge in [-0.1, -0.05) is 42.5 Å². The van der Waals surface area contributed by atoms with Crippen LogP contribution in [0.15, 0.2) is 42.5 Å². The molecule has 1 unspecified atom stereocenters. The van der Waals surface area contributed by atoms with Crippen LogP contribution in [0, 0.1) is 0 Å². The molecule has 1 aliphatic carbocycles. The summed E-state index contributed by atoms with van der Waals surface area (Å²) in [7, 11) is 0. The van der Waals surface area contributed by atoms with Crippen molar-refractivity contribution in [2.24, 2.45) is 0 Å². The summed E-state index contributed by atoms with van der Waals surface area (Å²) in [6, 6.07) is 9.87. The number of hydrogen-bond donors (Lipinski definition) is 0. The molecule has 14 heavy (non-hydrogen) atoms. The first-order chi connectivity index (χ1) is 6.86. The lowest BCUT2D eigenvalue weighted by atomic mass is 10.2. The molecule has 2 nitrogen and oxygen atoms in total. The van der Waals surface area contributed by atoms with Gasteiger partial charge in [-0.05, 0) is 5.56 Å². The highest BCUT2D eigenvalue weighted by Crippen LogP contribution is 2.11. The van der Waals surface area contributed by atoms with Gasteiger partial charge in [0.1, 0.15) is 6.10 Å². The van der Waals surface area contributed by atoms with Crippen LogP contribution in [0.3, 0.4) is 0 Å². The summed E-state index contributed by atoms with van der Waals surface area (Å²) in [6.07, 6.45) is 3.87. The first-order valence-corrected chi connectivity index (χ1v) is 4.71. The molecule has 1 aromatic rings. The summed E-state index contributed by atoms with van der Waals surface area (Å²) in [5.74, 6) is 0.154. The van der Waals surface area contributed by atoms with Gasteiger partial charge >= 0.3 is 0 Å². The van der Waals surface area contributed by atoms with Crippen LogP contribution in [-0.2, 0) is 16.1 Å². The van der Waals surface area contributed by atoms with Crippen molar-refractivity contribution in [3.05, 3.63) is 48.0 Å². The number of benzene rings is 1. The predicted octanol–water partition coefficient (Wildman–Crippen LogP) is 2.10. The van der Waals surface area contributed by atoms with E-state index in [1.54, 1.807) is 0 Å². The molecule has 2 rings (SSSR count). The molecule has 1 atom stereocenters. The Kier molecular flexibility index (Phi) is 2.75. The molecule has 0 bridgehead atoms. The maximum Gasteiger partial charge on any atom is 0.169 e. The predicted molar refractivity (Wildman–Crippen MR) is 53.8 cm³/mol. The maximum absolute atomic E-state index is 11.2. The van der Waals surface area contributed by atoms with Crippen LogP contribution in [-0.4, -0.2) is 11.9 Å². The molecule has 0 saturated heterocycles. The second kappa shape index (κ2) is 4.20. The van der Waals surface area contributed by atoms with Gasteiger partial charge in [-0.2, -0.15) is 0 Å². The van der Waals surface area contributed by atoms with E-state index in [2.05, 4.69) is 0 Å². The van der Waals surface area contributed by atoms with Gasteiger partial charge in [0.15, 0.2) is 5.78 Å². The molecule has 0 aromatic heterocycles. The molecule has 1 aromatic carbocycles. The van der Waals surface area contributed by atoms with Crippen LogP contribution in [0.4, 0.5) is 0 Å². The summed E-state index contributed by atoms with van der Waals surface area (Å²) in [6.45, 7) is 0.502. The van der Waals surface area contributed by atoms with Gasteiger partial charge in [-0.15, -0.1) is 0 Å². The maximum atomic E-state index is 11.2. The summed E-state index contributed by atoms with van der Waals surface area (Å²) in [5.41, 5.74) is 1.10. The minimum absolute atomic E-state index is 0.154. The summed E-state index contributed by atoms with van der Waals surface area (Å²) in [5, 5.41) is 0. The van der Waals surface area contributed by atoms with Gasteiger partial charge in [0, 0.05) is 6.42 Å². The molecular weight excluding hydrogens is 176 g/mol. The Morgan fingerprint density at radius 1 is 1.29 bits per heavy atom. The highest BCUT2D eigenvalue weighted by Gasteiger charge is 2.19. The van der Waals surface area contributed by atoms with Crippen molar-refractivity contribution in [1.82, 2.24) is 0 Å². The SMILES string of the molecule is O=C1CC=CC1OCc1ccccc1. The topological polar surface area (TPSA) is 26.3 Å². The van der Waals surface area contributed by atoms with Crippen LogP contribution in [0.25, 0.3) is 0 Å². The van der Waals surface area contributed by atoms with Crippen molar-refractivity contribution < 1.29 is 9.53 Å². The number of ether oxygens (including phenoxy) is 1. The zero-order valence-corrected chi connectivity index (χ0v) is 7.85. The lowest BCUT2D eigenvalue weighted by molar-refractivity contribution is -0.126. The van der Waals surface area contributed by atoms with Gasteiger partial charge in [-0.3, -0.25) is 4.79 Å². The standard InChI is InChI=1S/C12H12O2/c13-11-7-4-8-12(11)14-9-10-5-2-1-3-6-10/h1-6,8,12H,7,9H2. The molecule has 0 amide bonds. The fraction of sp³-hybridized carbons (Fsp3) is 0.250. The van der Waals surface area contributed by atoms with E-state index < -0.39 is 0 Å². The van der Waals surface area contributed by atoms with Gasteiger partial charge in [0.25, 0.3) is 0 Å². The highest BCUT2D eigenvalue weighted by molar-refractivity contribution is 5.88. The average Bonchev–Trinajstić information content (AvgIpc) is 2.63. The molecular formula is C12H12O2. The summed E-state index contributed by atoms with van der Waals surface area (Å²) >= 11 is 0. The second-order valence-electron chi connectivity index (χ2n) is 3.32. The zero-order valence-electron chi connectivity index (χ0n) is 7.85. The molecule has 1 aliphatic rings. The zero-order chi connectivity index (χ0) is 9.80. The van der Waals surface area contributed by atoms with E-state index in [1.165, 1.54) is 0 Å². The minimum Gasteiger partial charge on any atom is -0.362 e. The monoisotopic (exact) mass is 188 g/mol. The molecule has 0 radical (unpaired) electrons. The molecule has 0 heterocycles. The Morgan fingerprint density at radius 3 is 2.71 bits per heavy atom. The Balaban J connectivity index is 1.89. The van der Waals surface area contributed by atoms with Crippen LogP contribution in [0.5, 0.6) is 0 Å². The van der Waals surface area contributed by atoms with E-state index in [0.29, 0.717) is 13.0 Å². The van der Waals surface area contributed by atoms with E-state index in [4.69, 9.17) is 4.74 Å². The van der Waals surface area contributed by atoms with Crippen molar-refractivity contribution >= 4 is 5.78 Å². The van der Waals surface area contributed by atoms with Crippen LogP contribution >= 0.6 is 0 Å². The second-order valence-corrected chi connectivity index (χ2v) is 3.32. The van der Waals surface area contributed by atoms with E-state index in [-0.39, 0.29) is 11.9 Å². The number of rotatable bonds is 3. The number of ketones is 1. The fourth-order valence-corrected chi connectivity index (χ4v) is 1.44. The Labute approximate surface area is 83.2 Å². The van der Waals surface area contributed by atoms with E-state index in [0.717, 1.165) is 5.56 Å². The van der Waals surface area contributed by atoms with Crippen molar-refractivity contribution in [3.8, 4) is 0 Å². The Bertz CT molecular complexity index is 341. The van der Waals surface area contributed by atoms with Crippen molar-refractivity contribution in [2.75, 3.05) is 0 Å². The van der Waals surface area contributed by atoms with Crippen molar-refractivity contribution in [1.29, 1.82) is 0 Å². The molecule has 0 N–H and O–H groups in total. The van der Waals surface area contributed by atoms with Crippen molar-refractivity contribution in [3.63, 3.8) is 0 Å². The van der Waals surface area contributed by atoms with Gasteiger partial charge in [0.05, 0.1) is 6.61 Å². The van der Waals surface area contributed by atoms with Crippen LogP contribution < -0.4 is 0 Å². The van der Waals surface area contributed by atoms with Crippen LogP contribution in [0.2, 0.25) is 0 Å². The first-order valence-electron chi connectivity index (χ1n) is 4.71. The smallest absolute Gasteiger partial charge is 0.169 e. The van der Waals surface area contributed by atoms with Crippen molar-refractivity contribution in [2.45, 2.75) is 19.1 Å². The van der Waals surface area contributed by atoms with Gasteiger partial charge < -0.3 is 4.74 Å². The first kappa shape index (κ1) is 9.16. The van der Waals surface area contributed by atoms with Gasteiger partial charge in [0.2, 0.25) is 0 Å². The third-order valence-corrected chi connectivity index (χ3v) is 2.22. The Hall–Kier alpha value is -1.41. The quantitative estimate of drug-likeness (QED) is 0.679. The molecule has 72 valence electrons. The molecule has 0 spiro atoms. The summed E-state index contributed by atoms with van der Waals surface area (Å²) in [4.78, 5) is 11.2. The third-order valence-electron chi connectivity index (χ3n) is 2.22. The summed E-state index contributed by atoms with van der Waals surface area (Å²) < 4.78 is 5.46. The normalized spacial score (nSPS) is 20.3. The minimum atomic E-state index is -0.324. The molecule has 0 aliphatic heterocycles. The van der Waals surface area contributed by atoms with E-state index in [9.17, 15) is 4.79 Å².